The molecule has 0 aromatic rings. The lowest BCUT2D eigenvalue weighted by atomic mass is 10.2. The maximum Gasteiger partial charge on any atom is 0.313 e. The van der Waals surface area contributed by atoms with E-state index in [1.165, 1.54) is 0 Å². The van der Waals surface area contributed by atoms with E-state index in [0.717, 1.165) is 29.7 Å². The molecule has 1 atom stereocenters. The topological polar surface area (TPSA) is 66.4 Å². The zero-order valence-corrected chi connectivity index (χ0v) is 11.3. The fraction of sp³-hybridized carbons (Fsp3) is 0.800. The Morgan fingerprint density at radius 3 is 2.56 bits per heavy atom. The Morgan fingerprint density at radius 2 is 2.00 bits per heavy atom. The number of hydrogen-bond acceptors (Lipinski definition) is 4. The van der Waals surface area contributed by atoms with Gasteiger partial charge in [0.25, 0.3) is 0 Å². The van der Waals surface area contributed by atoms with Crippen molar-refractivity contribution in [3.63, 3.8) is 0 Å². The predicted octanol–water partition coefficient (Wildman–Crippen LogP) is 1.45. The number of hydrogen-bond donors (Lipinski definition) is 2. The van der Waals surface area contributed by atoms with E-state index in [1.807, 2.05) is 18.7 Å². The van der Waals surface area contributed by atoms with Gasteiger partial charge in [-0.05, 0) is 24.9 Å². The zero-order chi connectivity index (χ0) is 12.4. The SMILES string of the molecule is CCSCCC(C)NC(=O)CSCC(=O)O. The number of carbonyl (C=O) groups excluding carboxylic acids is 1. The summed E-state index contributed by atoms with van der Waals surface area (Å²) in [6.07, 6.45) is 0.952. The minimum absolute atomic E-state index is 0.0203. The molecule has 0 radical (unpaired) electrons. The molecule has 0 bridgehead atoms. The first-order valence-corrected chi connectivity index (χ1v) is 7.53. The standard InChI is InChI=1S/C10H19NO3S2/c1-3-15-5-4-8(2)11-9(12)6-16-7-10(13)14/h8H,3-7H2,1-2H3,(H,11,12)(H,13,14). The van der Waals surface area contributed by atoms with Crippen LogP contribution in [0.5, 0.6) is 0 Å². The van der Waals surface area contributed by atoms with Gasteiger partial charge in [0.2, 0.25) is 5.91 Å². The summed E-state index contributed by atoms with van der Waals surface area (Å²) in [7, 11) is 0. The Kier molecular flexibility index (Phi) is 9.62. The largest absolute Gasteiger partial charge is 0.481 e. The summed E-state index contributed by atoms with van der Waals surface area (Å²) in [6, 6.07) is 0.164. The van der Waals surface area contributed by atoms with Crippen molar-refractivity contribution in [2.24, 2.45) is 0 Å². The second-order valence-corrected chi connectivity index (χ2v) is 5.72. The third-order valence-electron chi connectivity index (χ3n) is 1.77. The summed E-state index contributed by atoms with van der Waals surface area (Å²) in [5.74, 6) is 1.37. The van der Waals surface area contributed by atoms with Crippen molar-refractivity contribution in [1.82, 2.24) is 5.32 Å². The predicted molar refractivity (Wildman–Crippen MR) is 70.2 cm³/mol. The summed E-state index contributed by atoms with van der Waals surface area (Å²) >= 11 is 2.97. The number of amides is 1. The highest BCUT2D eigenvalue weighted by Crippen LogP contribution is 2.04. The summed E-state index contributed by atoms with van der Waals surface area (Å²) in [6.45, 7) is 4.08. The van der Waals surface area contributed by atoms with Crippen LogP contribution >= 0.6 is 23.5 Å². The zero-order valence-electron chi connectivity index (χ0n) is 9.69. The van der Waals surface area contributed by atoms with Crippen molar-refractivity contribution < 1.29 is 14.7 Å². The first-order valence-electron chi connectivity index (χ1n) is 5.23. The van der Waals surface area contributed by atoms with Crippen LogP contribution in [0.15, 0.2) is 0 Å². The molecule has 0 aromatic carbocycles. The summed E-state index contributed by atoms with van der Waals surface area (Å²) in [5.41, 5.74) is 0. The quantitative estimate of drug-likeness (QED) is 0.618. The fourth-order valence-electron chi connectivity index (χ4n) is 1.02. The molecule has 0 aliphatic rings. The van der Waals surface area contributed by atoms with E-state index in [-0.39, 0.29) is 23.5 Å². The molecule has 1 amide bonds. The number of carbonyl (C=O) groups is 2. The van der Waals surface area contributed by atoms with Gasteiger partial charge in [0.15, 0.2) is 0 Å². The number of rotatable bonds is 9. The van der Waals surface area contributed by atoms with Crippen LogP contribution in [0, 0.1) is 0 Å². The molecule has 0 rings (SSSR count). The van der Waals surface area contributed by atoms with Crippen molar-refractivity contribution in [2.45, 2.75) is 26.3 Å². The minimum Gasteiger partial charge on any atom is -0.481 e. The Balaban J connectivity index is 3.50. The third-order valence-corrected chi connectivity index (χ3v) is 3.62. The van der Waals surface area contributed by atoms with Gasteiger partial charge in [-0.25, -0.2) is 0 Å². The number of thioether (sulfide) groups is 2. The van der Waals surface area contributed by atoms with E-state index in [0.29, 0.717) is 0 Å². The lowest BCUT2D eigenvalue weighted by molar-refractivity contribution is -0.133. The highest BCUT2D eigenvalue weighted by molar-refractivity contribution is 8.00. The molecular formula is C10H19NO3S2. The van der Waals surface area contributed by atoms with Gasteiger partial charge in [0.1, 0.15) is 0 Å². The van der Waals surface area contributed by atoms with Crippen molar-refractivity contribution in [1.29, 1.82) is 0 Å². The first kappa shape index (κ1) is 15.6. The molecule has 0 aliphatic carbocycles. The van der Waals surface area contributed by atoms with Gasteiger partial charge >= 0.3 is 5.97 Å². The van der Waals surface area contributed by atoms with Gasteiger partial charge in [-0.1, -0.05) is 6.92 Å². The number of nitrogens with one attached hydrogen (secondary N) is 1. The van der Waals surface area contributed by atoms with E-state index in [9.17, 15) is 9.59 Å². The van der Waals surface area contributed by atoms with E-state index in [4.69, 9.17) is 5.11 Å². The molecular weight excluding hydrogens is 246 g/mol. The van der Waals surface area contributed by atoms with Gasteiger partial charge in [0, 0.05) is 6.04 Å². The second-order valence-electron chi connectivity index (χ2n) is 3.34. The Hall–Kier alpha value is -0.360. The summed E-state index contributed by atoms with van der Waals surface area (Å²) in [4.78, 5) is 21.6. The molecule has 0 heterocycles. The monoisotopic (exact) mass is 265 g/mol. The fourth-order valence-corrected chi connectivity index (χ4v) is 2.38. The maximum atomic E-state index is 11.3. The normalized spacial score (nSPS) is 12.1. The van der Waals surface area contributed by atoms with Gasteiger partial charge in [-0.15, -0.1) is 11.8 Å². The van der Waals surface area contributed by atoms with Crippen LogP contribution in [0.3, 0.4) is 0 Å². The average molecular weight is 265 g/mol. The molecule has 4 nitrogen and oxygen atoms in total. The van der Waals surface area contributed by atoms with Crippen LogP contribution in [0.25, 0.3) is 0 Å². The molecule has 94 valence electrons. The molecule has 0 aliphatic heterocycles. The van der Waals surface area contributed by atoms with Gasteiger partial charge in [-0.2, -0.15) is 11.8 Å². The van der Waals surface area contributed by atoms with Crippen LogP contribution in [-0.2, 0) is 9.59 Å². The Bertz CT molecular complexity index is 224. The van der Waals surface area contributed by atoms with E-state index >= 15 is 0 Å². The lowest BCUT2D eigenvalue weighted by Crippen LogP contribution is -2.34. The number of carboxylic acids is 1. The van der Waals surface area contributed by atoms with E-state index in [2.05, 4.69) is 12.2 Å². The van der Waals surface area contributed by atoms with E-state index in [1.54, 1.807) is 0 Å². The van der Waals surface area contributed by atoms with Crippen LogP contribution < -0.4 is 5.32 Å². The lowest BCUT2D eigenvalue weighted by Gasteiger charge is -2.12. The van der Waals surface area contributed by atoms with Crippen LogP contribution in [-0.4, -0.2) is 46.0 Å². The first-order chi connectivity index (χ1) is 7.56. The summed E-state index contributed by atoms with van der Waals surface area (Å²) < 4.78 is 0. The molecule has 16 heavy (non-hydrogen) atoms. The van der Waals surface area contributed by atoms with E-state index < -0.39 is 5.97 Å². The average Bonchev–Trinajstić information content (AvgIpc) is 2.17. The Morgan fingerprint density at radius 1 is 1.31 bits per heavy atom. The smallest absolute Gasteiger partial charge is 0.313 e. The Labute approximate surface area is 105 Å². The summed E-state index contributed by atoms with van der Waals surface area (Å²) in [5, 5.41) is 11.2. The minimum atomic E-state index is -0.884. The molecule has 0 saturated carbocycles. The molecule has 0 spiro atoms. The second kappa shape index (κ2) is 9.84. The maximum absolute atomic E-state index is 11.3. The third kappa shape index (κ3) is 10.2. The van der Waals surface area contributed by atoms with Crippen LogP contribution in [0.1, 0.15) is 20.3 Å². The van der Waals surface area contributed by atoms with Crippen molar-refractivity contribution >= 4 is 35.4 Å². The van der Waals surface area contributed by atoms with Crippen molar-refractivity contribution in [3.05, 3.63) is 0 Å². The molecule has 0 aromatic heterocycles. The highest BCUT2D eigenvalue weighted by Gasteiger charge is 2.08. The van der Waals surface area contributed by atoms with Gasteiger partial charge in [0.05, 0.1) is 11.5 Å². The molecule has 0 saturated heterocycles. The van der Waals surface area contributed by atoms with Crippen LogP contribution in [0.4, 0.5) is 0 Å². The van der Waals surface area contributed by atoms with Crippen molar-refractivity contribution in [3.8, 4) is 0 Å². The molecule has 6 heteroatoms. The highest BCUT2D eigenvalue weighted by atomic mass is 32.2. The van der Waals surface area contributed by atoms with Crippen LogP contribution in [0.2, 0.25) is 0 Å². The molecule has 0 fully saturated rings. The van der Waals surface area contributed by atoms with Gasteiger partial charge < -0.3 is 10.4 Å². The number of aliphatic carboxylic acids is 1. The van der Waals surface area contributed by atoms with Gasteiger partial charge in [-0.3, -0.25) is 9.59 Å². The van der Waals surface area contributed by atoms with Crippen molar-refractivity contribution in [2.75, 3.05) is 23.0 Å². The molecule has 2 N–H and O–H groups in total. The number of carboxylic acid groups (broad SMARTS) is 1. The molecule has 1 unspecified atom stereocenters.